The fraction of sp³-hybridized carbons (Fsp3) is 0.250. The maximum absolute atomic E-state index is 11.6. The van der Waals surface area contributed by atoms with Gasteiger partial charge in [0, 0.05) is 22.3 Å². The van der Waals surface area contributed by atoms with Crippen LogP contribution in [0.15, 0.2) is 33.3 Å². The SMILES string of the molecule is CCn1nc(-c2nc(-c3ccc(C(=O)OC)cc3Br)no2)cc1C. The molecule has 0 aliphatic heterocycles. The van der Waals surface area contributed by atoms with Crippen molar-refractivity contribution < 1.29 is 14.1 Å². The molecule has 0 saturated carbocycles. The maximum atomic E-state index is 11.6. The summed E-state index contributed by atoms with van der Waals surface area (Å²) in [7, 11) is 1.34. The van der Waals surface area contributed by atoms with E-state index < -0.39 is 5.97 Å². The first kappa shape index (κ1) is 16.4. The number of ether oxygens (including phenoxy) is 1. The first-order valence-electron chi connectivity index (χ1n) is 7.30. The van der Waals surface area contributed by atoms with Crippen LogP contribution >= 0.6 is 15.9 Å². The third-order valence-electron chi connectivity index (χ3n) is 3.56. The number of benzene rings is 1. The van der Waals surface area contributed by atoms with Crippen molar-refractivity contribution in [2.24, 2.45) is 0 Å². The molecule has 3 rings (SSSR count). The molecular weight excluding hydrogens is 376 g/mol. The van der Waals surface area contributed by atoms with Gasteiger partial charge in [0.05, 0.1) is 12.7 Å². The predicted octanol–water partition coefficient (Wildman–Crippen LogP) is 3.48. The highest BCUT2D eigenvalue weighted by molar-refractivity contribution is 9.10. The molecule has 0 aliphatic carbocycles. The highest BCUT2D eigenvalue weighted by Gasteiger charge is 2.17. The normalized spacial score (nSPS) is 10.8. The number of esters is 1. The average Bonchev–Trinajstić information content (AvgIpc) is 3.20. The van der Waals surface area contributed by atoms with E-state index in [9.17, 15) is 4.79 Å². The second-order valence-corrected chi connectivity index (χ2v) is 5.95. The largest absolute Gasteiger partial charge is 0.465 e. The lowest BCUT2D eigenvalue weighted by Crippen LogP contribution is -2.01. The summed E-state index contributed by atoms with van der Waals surface area (Å²) in [6.07, 6.45) is 0. The summed E-state index contributed by atoms with van der Waals surface area (Å²) in [4.78, 5) is 16.0. The summed E-state index contributed by atoms with van der Waals surface area (Å²) in [6, 6.07) is 6.95. The standard InChI is InChI=1S/C16H15BrN4O3/c1-4-21-9(2)7-13(19-21)15-18-14(20-24-15)11-6-5-10(8-12(11)17)16(22)23-3/h5-8H,4H2,1-3H3. The lowest BCUT2D eigenvalue weighted by Gasteiger charge is -2.02. The predicted molar refractivity (Wildman–Crippen MR) is 90.4 cm³/mol. The van der Waals surface area contributed by atoms with Crippen LogP contribution in [-0.4, -0.2) is 33.0 Å². The van der Waals surface area contributed by atoms with Gasteiger partial charge in [0.15, 0.2) is 5.69 Å². The number of carbonyl (C=O) groups excluding carboxylic acids is 1. The molecule has 1 aromatic carbocycles. The van der Waals surface area contributed by atoms with Gasteiger partial charge in [0.2, 0.25) is 5.82 Å². The molecule has 0 atom stereocenters. The molecule has 0 amide bonds. The molecule has 0 radical (unpaired) electrons. The van der Waals surface area contributed by atoms with Crippen molar-refractivity contribution in [3.05, 3.63) is 40.0 Å². The molecule has 0 N–H and O–H groups in total. The van der Waals surface area contributed by atoms with Crippen LogP contribution in [0.25, 0.3) is 23.0 Å². The number of hydrogen-bond acceptors (Lipinski definition) is 6. The van der Waals surface area contributed by atoms with Gasteiger partial charge in [-0.3, -0.25) is 4.68 Å². The number of hydrogen-bond donors (Lipinski definition) is 0. The van der Waals surface area contributed by atoms with Gasteiger partial charge in [-0.25, -0.2) is 4.79 Å². The number of aryl methyl sites for hydroxylation is 2. The molecule has 2 heterocycles. The summed E-state index contributed by atoms with van der Waals surface area (Å²) < 4.78 is 12.6. The van der Waals surface area contributed by atoms with Gasteiger partial charge in [0.25, 0.3) is 5.89 Å². The highest BCUT2D eigenvalue weighted by Crippen LogP contribution is 2.29. The van der Waals surface area contributed by atoms with E-state index in [2.05, 4.69) is 31.2 Å². The Morgan fingerprint density at radius 1 is 1.38 bits per heavy atom. The summed E-state index contributed by atoms with van der Waals surface area (Å²) in [5, 5.41) is 8.43. The van der Waals surface area contributed by atoms with Crippen LogP contribution in [0.5, 0.6) is 0 Å². The zero-order valence-corrected chi connectivity index (χ0v) is 15.0. The Hall–Kier alpha value is -2.48. The van der Waals surface area contributed by atoms with E-state index in [0.29, 0.717) is 33.0 Å². The van der Waals surface area contributed by atoms with Crippen LogP contribution in [0.3, 0.4) is 0 Å². The lowest BCUT2D eigenvalue weighted by molar-refractivity contribution is 0.0600. The van der Waals surface area contributed by atoms with E-state index in [-0.39, 0.29) is 0 Å². The van der Waals surface area contributed by atoms with E-state index in [0.717, 1.165) is 12.2 Å². The number of rotatable bonds is 4. The van der Waals surface area contributed by atoms with Crippen LogP contribution in [0.2, 0.25) is 0 Å². The quantitative estimate of drug-likeness (QED) is 0.634. The topological polar surface area (TPSA) is 83.0 Å². The second kappa shape index (κ2) is 6.56. The van der Waals surface area contributed by atoms with Crippen molar-refractivity contribution in [1.29, 1.82) is 0 Å². The van der Waals surface area contributed by atoms with Gasteiger partial charge in [-0.15, -0.1) is 0 Å². The zero-order chi connectivity index (χ0) is 17.3. The monoisotopic (exact) mass is 390 g/mol. The molecule has 0 aliphatic rings. The minimum atomic E-state index is -0.406. The molecule has 24 heavy (non-hydrogen) atoms. The van der Waals surface area contributed by atoms with Gasteiger partial charge in [0.1, 0.15) is 0 Å². The van der Waals surface area contributed by atoms with Crippen LogP contribution < -0.4 is 0 Å². The number of methoxy groups -OCH3 is 1. The Morgan fingerprint density at radius 3 is 2.79 bits per heavy atom. The maximum Gasteiger partial charge on any atom is 0.337 e. The van der Waals surface area contributed by atoms with Crippen molar-refractivity contribution >= 4 is 21.9 Å². The van der Waals surface area contributed by atoms with Gasteiger partial charge in [-0.05, 0) is 38.1 Å². The van der Waals surface area contributed by atoms with Gasteiger partial charge in [-0.1, -0.05) is 21.1 Å². The smallest absolute Gasteiger partial charge is 0.337 e. The van der Waals surface area contributed by atoms with Crippen molar-refractivity contribution in [2.75, 3.05) is 7.11 Å². The minimum Gasteiger partial charge on any atom is -0.465 e. The fourth-order valence-electron chi connectivity index (χ4n) is 2.31. The molecule has 0 bridgehead atoms. The average molecular weight is 391 g/mol. The van der Waals surface area contributed by atoms with Gasteiger partial charge in [-0.2, -0.15) is 10.1 Å². The zero-order valence-electron chi connectivity index (χ0n) is 13.4. The van der Waals surface area contributed by atoms with Crippen molar-refractivity contribution in [2.45, 2.75) is 20.4 Å². The molecule has 0 fully saturated rings. The van der Waals surface area contributed by atoms with Crippen LogP contribution in [0, 0.1) is 6.92 Å². The number of halogens is 1. The Labute approximate surface area is 146 Å². The minimum absolute atomic E-state index is 0.351. The van der Waals surface area contributed by atoms with Gasteiger partial charge >= 0.3 is 5.97 Å². The molecule has 124 valence electrons. The van der Waals surface area contributed by atoms with Crippen LogP contribution in [0.1, 0.15) is 23.0 Å². The van der Waals surface area contributed by atoms with Crippen molar-refractivity contribution in [3.8, 4) is 23.0 Å². The number of aromatic nitrogens is 4. The third-order valence-corrected chi connectivity index (χ3v) is 4.21. The molecule has 7 nitrogen and oxygen atoms in total. The first-order chi connectivity index (χ1) is 11.5. The van der Waals surface area contributed by atoms with E-state index in [1.54, 1.807) is 18.2 Å². The highest BCUT2D eigenvalue weighted by atomic mass is 79.9. The Balaban J connectivity index is 1.94. The first-order valence-corrected chi connectivity index (χ1v) is 8.09. The third kappa shape index (κ3) is 2.96. The molecule has 2 aromatic heterocycles. The van der Waals surface area contributed by atoms with Crippen LogP contribution in [-0.2, 0) is 11.3 Å². The van der Waals surface area contributed by atoms with E-state index in [1.165, 1.54) is 7.11 Å². The molecule has 8 heteroatoms. The summed E-state index contributed by atoms with van der Waals surface area (Å²) in [5.41, 5.74) is 2.81. The molecular formula is C16H15BrN4O3. The molecule has 0 spiro atoms. The number of carbonyl (C=O) groups is 1. The molecule has 0 unspecified atom stereocenters. The summed E-state index contributed by atoms with van der Waals surface area (Å²) >= 11 is 3.42. The second-order valence-electron chi connectivity index (χ2n) is 5.10. The van der Waals surface area contributed by atoms with E-state index in [4.69, 9.17) is 9.26 Å². The van der Waals surface area contributed by atoms with Crippen LogP contribution in [0.4, 0.5) is 0 Å². The van der Waals surface area contributed by atoms with E-state index >= 15 is 0 Å². The summed E-state index contributed by atoms with van der Waals surface area (Å²) in [6.45, 7) is 4.76. The Bertz CT molecular complexity index is 901. The Morgan fingerprint density at radius 2 is 2.17 bits per heavy atom. The number of nitrogens with zero attached hydrogens (tertiary/aromatic N) is 4. The Kier molecular flexibility index (Phi) is 4.48. The van der Waals surface area contributed by atoms with Gasteiger partial charge < -0.3 is 9.26 Å². The molecule has 0 saturated heterocycles. The van der Waals surface area contributed by atoms with Crippen molar-refractivity contribution in [3.63, 3.8) is 0 Å². The van der Waals surface area contributed by atoms with E-state index in [1.807, 2.05) is 24.6 Å². The molecule has 3 aromatic rings. The lowest BCUT2D eigenvalue weighted by atomic mass is 10.1. The fourth-order valence-corrected chi connectivity index (χ4v) is 2.87. The summed E-state index contributed by atoms with van der Waals surface area (Å²) in [5.74, 6) is 0.359. The van der Waals surface area contributed by atoms with Crippen molar-refractivity contribution in [1.82, 2.24) is 19.9 Å².